The van der Waals surface area contributed by atoms with Gasteiger partial charge < -0.3 is 15.3 Å². The van der Waals surface area contributed by atoms with Crippen molar-refractivity contribution in [1.82, 2.24) is 10.2 Å². The second-order valence-corrected chi connectivity index (χ2v) is 6.00. The number of carbonyl (C=O) groups is 2. The van der Waals surface area contributed by atoms with Crippen molar-refractivity contribution in [2.75, 3.05) is 13.6 Å². The largest absolute Gasteiger partial charge is 0.480 e. The van der Waals surface area contributed by atoms with Gasteiger partial charge in [-0.2, -0.15) is 0 Å². The van der Waals surface area contributed by atoms with E-state index in [0.717, 1.165) is 6.54 Å². The standard InChI is InChI=1S/C14H26N2O3/c1-10(2)8-12(13(17)18)15-14(19)16(3)9-11-6-4-5-7-11/h10-12H,4-9H2,1-3H3,(H,15,19)(H,17,18)/t12-/m1/s1. The Morgan fingerprint density at radius 3 is 2.37 bits per heavy atom. The molecule has 0 aromatic carbocycles. The molecular formula is C14H26N2O3. The van der Waals surface area contributed by atoms with E-state index in [-0.39, 0.29) is 11.9 Å². The van der Waals surface area contributed by atoms with Gasteiger partial charge in [0.25, 0.3) is 0 Å². The Bertz CT molecular complexity index is 312. The molecule has 0 spiro atoms. The van der Waals surface area contributed by atoms with Crippen LogP contribution < -0.4 is 5.32 Å². The van der Waals surface area contributed by atoms with Crippen molar-refractivity contribution in [3.63, 3.8) is 0 Å². The molecule has 0 aromatic heterocycles. The number of carboxylic acids is 1. The number of urea groups is 1. The Balaban J connectivity index is 2.43. The molecule has 0 saturated heterocycles. The van der Waals surface area contributed by atoms with Crippen LogP contribution in [0.15, 0.2) is 0 Å². The first-order valence-electron chi connectivity index (χ1n) is 7.14. The van der Waals surface area contributed by atoms with E-state index in [1.54, 1.807) is 11.9 Å². The number of amides is 2. The smallest absolute Gasteiger partial charge is 0.326 e. The molecule has 0 radical (unpaired) electrons. The van der Waals surface area contributed by atoms with Gasteiger partial charge in [0.2, 0.25) is 0 Å². The lowest BCUT2D eigenvalue weighted by Crippen LogP contribution is -2.48. The molecule has 0 heterocycles. The second kappa shape index (κ2) is 7.36. The SMILES string of the molecule is CC(C)C[C@@H](NC(=O)N(C)CC1CCCC1)C(=O)O. The van der Waals surface area contributed by atoms with E-state index in [0.29, 0.717) is 12.3 Å². The molecule has 5 heteroatoms. The van der Waals surface area contributed by atoms with Gasteiger partial charge in [0, 0.05) is 13.6 Å². The predicted molar refractivity (Wildman–Crippen MR) is 74.0 cm³/mol. The normalized spacial score (nSPS) is 17.5. The fourth-order valence-electron chi connectivity index (χ4n) is 2.62. The Hall–Kier alpha value is -1.26. The van der Waals surface area contributed by atoms with Crippen LogP contribution in [0, 0.1) is 11.8 Å². The molecule has 2 N–H and O–H groups in total. The summed E-state index contributed by atoms with van der Waals surface area (Å²) in [6.45, 7) is 4.62. The van der Waals surface area contributed by atoms with Crippen molar-refractivity contribution >= 4 is 12.0 Å². The van der Waals surface area contributed by atoms with Crippen LogP contribution in [0.2, 0.25) is 0 Å². The topological polar surface area (TPSA) is 69.6 Å². The first-order chi connectivity index (χ1) is 8.90. The third-order valence-electron chi connectivity index (χ3n) is 3.66. The van der Waals surface area contributed by atoms with Gasteiger partial charge in [0.1, 0.15) is 6.04 Å². The number of carbonyl (C=O) groups excluding carboxylic acids is 1. The van der Waals surface area contributed by atoms with E-state index in [1.165, 1.54) is 25.7 Å². The van der Waals surface area contributed by atoms with Crippen molar-refractivity contribution in [2.45, 2.75) is 52.0 Å². The van der Waals surface area contributed by atoms with E-state index in [9.17, 15) is 9.59 Å². The molecule has 1 rings (SSSR count). The molecule has 0 aromatic rings. The highest BCUT2D eigenvalue weighted by Crippen LogP contribution is 2.25. The maximum atomic E-state index is 12.0. The minimum absolute atomic E-state index is 0.238. The number of nitrogens with one attached hydrogen (secondary N) is 1. The molecular weight excluding hydrogens is 244 g/mol. The summed E-state index contributed by atoms with van der Waals surface area (Å²) in [4.78, 5) is 24.7. The zero-order valence-electron chi connectivity index (χ0n) is 12.2. The summed E-state index contributed by atoms with van der Waals surface area (Å²) in [5, 5.41) is 11.7. The zero-order chi connectivity index (χ0) is 14.4. The summed E-state index contributed by atoms with van der Waals surface area (Å²) < 4.78 is 0. The van der Waals surface area contributed by atoms with Gasteiger partial charge in [0.15, 0.2) is 0 Å². The molecule has 1 fully saturated rings. The number of rotatable bonds is 6. The molecule has 0 aliphatic heterocycles. The van der Waals surface area contributed by atoms with Crippen LogP contribution in [-0.4, -0.2) is 41.6 Å². The molecule has 1 atom stereocenters. The Labute approximate surface area is 115 Å². The highest BCUT2D eigenvalue weighted by Gasteiger charge is 2.24. The van der Waals surface area contributed by atoms with Crippen molar-refractivity contribution in [1.29, 1.82) is 0 Å². The third-order valence-corrected chi connectivity index (χ3v) is 3.66. The average Bonchev–Trinajstić information content (AvgIpc) is 2.79. The molecule has 110 valence electrons. The molecule has 1 aliphatic rings. The van der Waals surface area contributed by atoms with E-state index in [1.807, 2.05) is 13.8 Å². The summed E-state index contributed by atoms with van der Waals surface area (Å²) in [7, 11) is 1.74. The summed E-state index contributed by atoms with van der Waals surface area (Å²) >= 11 is 0. The number of hydrogen-bond acceptors (Lipinski definition) is 2. The van der Waals surface area contributed by atoms with E-state index < -0.39 is 12.0 Å². The fraction of sp³-hybridized carbons (Fsp3) is 0.857. The lowest BCUT2D eigenvalue weighted by molar-refractivity contribution is -0.139. The van der Waals surface area contributed by atoms with Crippen molar-refractivity contribution in [3.05, 3.63) is 0 Å². The molecule has 0 bridgehead atoms. The zero-order valence-corrected chi connectivity index (χ0v) is 12.2. The quantitative estimate of drug-likeness (QED) is 0.778. The van der Waals surface area contributed by atoms with Crippen LogP contribution in [0.4, 0.5) is 4.79 Å². The highest BCUT2D eigenvalue weighted by molar-refractivity contribution is 5.82. The lowest BCUT2D eigenvalue weighted by Gasteiger charge is -2.24. The maximum absolute atomic E-state index is 12.0. The minimum Gasteiger partial charge on any atom is -0.480 e. The maximum Gasteiger partial charge on any atom is 0.326 e. The van der Waals surface area contributed by atoms with Gasteiger partial charge in [-0.3, -0.25) is 0 Å². The molecule has 1 saturated carbocycles. The van der Waals surface area contributed by atoms with E-state index in [2.05, 4.69) is 5.32 Å². The molecule has 2 amide bonds. The fourth-order valence-corrected chi connectivity index (χ4v) is 2.62. The predicted octanol–water partition coefficient (Wildman–Crippen LogP) is 2.32. The summed E-state index contributed by atoms with van der Waals surface area (Å²) in [6, 6.07) is -1.07. The van der Waals surface area contributed by atoms with Gasteiger partial charge in [-0.15, -0.1) is 0 Å². The summed E-state index contributed by atoms with van der Waals surface area (Å²) in [5.41, 5.74) is 0. The van der Waals surface area contributed by atoms with Gasteiger partial charge in [-0.05, 0) is 31.1 Å². The van der Waals surface area contributed by atoms with Gasteiger partial charge >= 0.3 is 12.0 Å². The number of hydrogen-bond donors (Lipinski definition) is 2. The van der Waals surface area contributed by atoms with Crippen LogP contribution in [0.1, 0.15) is 46.0 Å². The van der Waals surface area contributed by atoms with Gasteiger partial charge in [-0.25, -0.2) is 9.59 Å². The van der Waals surface area contributed by atoms with Crippen molar-refractivity contribution < 1.29 is 14.7 Å². The monoisotopic (exact) mass is 270 g/mol. The van der Waals surface area contributed by atoms with E-state index in [4.69, 9.17) is 5.11 Å². The van der Waals surface area contributed by atoms with E-state index >= 15 is 0 Å². The summed E-state index contributed by atoms with van der Waals surface area (Å²) in [5.74, 6) is -0.151. The first-order valence-corrected chi connectivity index (χ1v) is 7.14. The highest BCUT2D eigenvalue weighted by atomic mass is 16.4. The van der Waals surface area contributed by atoms with Crippen LogP contribution in [0.3, 0.4) is 0 Å². The number of nitrogens with zero attached hydrogens (tertiary/aromatic N) is 1. The van der Waals surface area contributed by atoms with Crippen LogP contribution >= 0.6 is 0 Å². The molecule has 0 unspecified atom stereocenters. The Kier molecular flexibility index (Phi) is 6.12. The van der Waals surface area contributed by atoms with Crippen molar-refractivity contribution in [2.24, 2.45) is 11.8 Å². The van der Waals surface area contributed by atoms with Gasteiger partial charge in [-0.1, -0.05) is 26.7 Å². The van der Waals surface area contributed by atoms with Crippen LogP contribution in [-0.2, 0) is 4.79 Å². The molecule has 19 heavy (non-hydrogen) atoms. The minimum atomic E-state index is -0.962. The first kappa shape index (κ1) is 15.8. The second-order valence-electron chi connectivity index (χ2n) is 6.00. The molecule has 1 aliphatic carbocycles. The summed E-state index contributed by atoms with van der Waals surface area (Å²) in [6.07, 6.45) is 5.28. The number of aliphatic carboxylic acids is 1. The Morgan fingerprint density at radius 2 is 1.89 bits per heavy atom. The van der Waals surface area contributed by atoms with Crippen LogP contribution in [0.25, 0.3) is 0 Å². The lowest BCUT2D eigenvalue weighted by atomic mass is 10.0. The average molecular weight is 270 g/mol. The molecule has 5 nitrogen and oxygen atoms in total. The number of carboxylic acid groups (broad SMARTS) is 1. The van der Waals surface area contributed by atoms with Crippen molar-refractivity contribution in [3.8, 4) is 0 Å². The van der Waals surface area contributed by atoms with Crippen LogP contribution in [0.5, 0.6) is 0 Å². The third kappa shape index (κ3) is 5.49. The van der Waals surface area contributed by atoms with Gasteiger partial charge in [0.05, 0.1) is 0 Å². The Morgan fingerprint density at radius 1 is 1.32 bits per heavy atom.